The third-order valence-electron chi connectivity index (χ3n) is 4.87. The quantitative estimate of drug-likeness (QED) is 0.448. The van der Waals surface area contributed by atoms with Crippen LogP contribution in [0, 0.1) is 0 Å². The number of amides is 1. The fraction of sp³-hybridized carbons (Fsp3) is 0.286. The molecular weight excluding hydrogens is 449 g/mol. The van der Waals surface area contributed by atoms with Crippen LogP contribution in [0.4, 0.5) is 13.2 Å². The molecule has 0 radical (unpaired) electrons. The normalized spacial score (nSPS) is 13.9. The molecule has 0 aliphatic heterocycles. The van der Waals surface area contributed by atoms with E-state index in [4.69, 9.17) is 11.6 Å². The zero-order chi connectivity index (χ0) is 22.0. The third kappa shape index (κ3) is 5.40. The summed E-state index contributed by atoms with van der Waals surface area (Å²) in [7, 11) is 0. The Labute approximate surface area is 186 Å². The molecule has 1 aliphatic rings. The number of hydrogen-bond acceptors (Lipinski definition) is 4. The highest BCUT2D eigenvalue weighted by molar-refractivity contribution is 7.99. The van der Waals surface area contributed by atoms with Gasteiger partial charge in [-0.15, -0.1) is 10.2 Å². The van der Waals surface area contributed by atoms with Gasteiger partial charge in [0.15, 0.2) is 5.16 Å². The molecule has 0 unspecified atom stereocenters. The van der Waals surface area contributed by atoms with Crippen LogP contribution in [0.3, 0.4) is 0 Å². The molecule has 162 valence electrons. The molecule has 0 spiro atoms. The maximum atomic E-state index is 12.9. The number of aromatic nitrogens is 3. The van der Waals surface area contributed by atoms with Crippen molar-refractivity contribution in [2.45, 2.75) is 36.8 Å². The first-order valence-corrected chi connectivity index (χ1v) is 10.9. The van der Waals surface area contributed by atoms with E-state index in [1.54, 1.807) is 27.9 Å². The molecule has 1 amide bonds. The molecule has 1 saturated carbocycles. The molecule has 1 fully saturated rings. The lowest BCUT2D eigenvalue weighted by Gasteiger charge is -2.22. The molecule has 10 heteroatoms. The van der Waals surface area contributed by atoms with Crippen LogP contribution in [0.1, 0.15) is 24.0 Å². The molecule has 3 aromatic rings. The molecule has 0 bridgehead atoms. The highest BCUT2D eigenvalue weighted by Crippen LogP contribution is 2.32. The van der Waals surface area contributed by atoms with E-state index in [0.29, 0.717) is 15.7 Å². The average Bonchev–Trinajstić information content (AvgIpc) is 3.46. The van der Waals surface area contributed by atoms with Gasteiger partial charge in [-0.1, -0.05) is 41.6 Å². The van der Waals surface area contributed by atoms with E-state index in [-0.39, 0.29) is 24.2 Å². The largest absolute Gasteiger partial charge is 0.416 e. The SMILES string of the molecule is O=C(CSc1nncn1-c1cccc(Cl)c1)N(Cc1ccc(C(F)(F)F)cc1)C1CC1. The number of benzene rings is 2. The summed E-state index contributed by atoms with van der Waals surface area (Å²) in [6, 6.07) is 12.3. The van der Waals surface area contributed by atoms with Gasteiger partial charge in [-0.2, -0.15) is 13.2 Å². The Kier molecular flexibility index (Phi) is 6.24. The number of rotatable bonds is 7. The molecule has 0 saturated heterocycles. The predicted molar refractivity (Wildman–Crippen MR) is 112 cm³/mol. The van der Waals surface area contributed by atoms with Gasteiger partial charge >= 0.3 is 6.18 Å². The van der Waals surface area contributed by atoms with E-state index in [2.05, 4.69) is 10.2 Å². The van der Waals surface area contributed by atoms with E-state index in [1.807, 2.05) is 12.1 Å². The fourth-order valence-electron chi connectivity index (χ4n) is 3.14. The summed E-state index contributed by atoms with van der Waals surface area (Å²) in [5.41, 5.74) is 0.757. The van der Waals surface area contributed by atoms with Gasteiger partial charge in [0.1, 0.15) is 6.33 Å². The highest BCUT2D eigenvalue weighted by atomic mass is 35.5. The lowest BCUT2D eigenvalue weighted by atomic mass is 10.1. The number of nitrogens with zero attached hydrogens (tertiary/aromatic N) is 4. The fourth-order valence-corrected chi connectivity index (χ4v) is 4.14. The summed E-state index contributed by atoms with van der Waals surface area (Å²) in [6.45, 7) is 0.281. The number of halogens is 4. The zero-order valence-electron chi connectivity index (χ0n) is 16.2. The van der Waals surface area contributed by atoms with Crippen LogP contribution in [0.25, 0.3) is 5.69 Å². The van der Waals surface area contributed by atoms with Gasteiger partial charge in [-0.25, -0.2) is 0 Å². The first kappa shape index (κ1) is 21.7. The van der Waals surface area contributed by atoms with Crippen molar-refractivity contribution in [3.8, 4) is 5.69 Å². The second kappa shape index (κ2) is 8.92. The molecule has 4 rings (SSSR count). The van der Waals surface area contributed by atoms with Crippen LogP contribution in [0.15, 0.2) is 60.0 Å². The number of carbonyl (C=O) groups is 1. The topological polar surface area (TPSA) is 51.0 Å². The van der Waals surface area contributed by atoms with Gasteiger partial charge in [0.2, 0.25) is 5.91 Å². The van der Waals surface area contributed by atoms with Crippen molar-refractivity contribution >= 4 is 29.3 Å². The molecule has 5 nitrogen and oxygen atoms in total. The molecule has 2 aromatic carbocycles. The number of thioether (sulfide) groups is 1. The summed E-state index contributed by atoms with van der Waals surface area (Å²) < 4.78 is 40.1. The van der Waals surface area contributed by atoms with Gasteiger partial charge in [0.25, 0.3) is 0 Å². The Morgan fingerprint density at radius 3 is 2.58 bits per heavy atom. The minimum Gasteiger partial charge on any atom is -0.335 e. The van der Waals surface area contributed by atoms with Crippen molar-refractivity contribution < 1.29 is 18.0 Å². The third-order valence-corrected chi connectivity index (χ3v) is 6.03. The zero-order valence-corrected chi connectivity index (χ0v) is 17.8. The van der Waals surface area contributed by atoms with Crippen LogP contribution in [-0.4, -0.2) is 37.4 Å². The second-order valence-electron chi connectivity index (χ2n) is 7.20. The predicted octanol–water partition coefficient (Wildman–Crippen LogP) is 5.22. The summed E-state index contributed by atoms with van der Waals surface area (Å²) in [6.07, 6.45) is -1.02. The van der Waals surface area contributed by atoms with Crippen LogP contribution in [0.5, 0.6) is 0 Å². The lowest BCUT2D eigenvalue weighted by Crippen LogP contribution is -2.34. The Balaban J connectivity index is 1.42. The highest BCUT2D eigenvalue weighted by Gasteiger charge is 2.33. The average molecular weight is 467 g/mol. The van der Waals surface area contributed by atoms with E-state index >= 15 is 0 Å². The summed E-state index contributed by atoms with van der Waals surface area (Å²) in [4.78, 5) is 14.6. The Morgan fingerprint density at radius 2 is 1.94 bits per heavy atom. The lowest BCUT2D eigenvalue weighted by molar-refractivity contribution is -0.137. The van der Waals surface area contributed by atoms with Crippen LogP contribution in [-0.2, 0) is 17.5 Å². The van der Waals surface area contributed by atoms with Crippen molar-refractivity contribution in [1.82, 2.24) is 19.7 Å². The standard InChI is InChI=1S/C21H18ClF3N4OS/c22-16-2-1-3-18(10-16)29-13-26-27-20(29)31-12-19(30)28(17-8-9-17)11-14-4-6-15(7-5-14)21(23,24)25/h1-7,10,13,17H,8-9,11-12H2. The van der Waals surface area contributed by atoms with Crippen LogP contribution in [0.2, 0.25) is 5.02 Å². The van der Waals surface area contributed by atoms with Crippen molar-refractivity contribution in [2.75, 3.05) is 5.75 Å². The summed E-state index contributed by atoms with van der Waals surface area (Å²) >= 11 is 7.31. The molecular formula is C21H18ClF3N4OS. The monoisotopic (exact) mass is 466 g/mol. The van der Waals surface area contributed by atoms with Crippen LogP contribution >= 0.6 is 23.4 Å². The van der Waals surface area contributed by atoms with E-state index in [9.17, 15) is 18.0 Å². The first-order chi connectivity index (χ1) is 14.8. The molecule has 0 atom stereocenters. The minimum atomic E-state index is -4.37. The summed E-state index contributed by atoms with van der Waals surface area (Å²) in [5, 5.41) is 9.15. The van der Waals surface area contributed by atoms with Crippen molar-refractivity contribution in [1.29, 1.82) is 0 Å². The van der Waals surface area contributed by atoms with Gasteiger partial charge < -0.3 is 4.90 Å². The van der Waals surface area contributed by atoms with Crippen molar-refractivity contribution in [2.24, 2.45) is 0 Å². The molecule has 0 N–H and O–H groups in total. The minimum absolute atomic E-state index is 0.0898. The van der Waals surface area contributed by atoms with Crippen LogP contribution < -0.4 is 0 Å². The number of carbonyl (C=O) groups excluding carboxylic acids is 1. The maximum Gasteiger partial charge on any atom is 0.416 e. The number of hydrogen-bond donors (Lipinski definition) is 0. The smallest absolute Gasteiger partial charge is 0.335 e. The van der Waals surface area contributed by atoms with Gasteiger partial charge in [-0.05, 0) is 48.7 Å². The van der Waals surface area contributed by atoms with Gasteiger partial charge in [0.05, 0.1) is 17.0 Å². The Morgan fingerprint density at radius 1 is 1.19 bits per heavy atom. The van der Waals surface area contributed by atoms with Crippen molar-refractivity contribution in [3.63, 3.8) is 0 Å². The van der Waals surface area contributed by atoms with E-state index < -0.39 is 11.7 Å². The number of alkyl halides is 3. The molecule has 1 aromatic heterocycles. The molecule has 31 heavy (non-hydrogen) atoms. The Hall–Kier alpha value is -2.52. The maximum absolute atomic E-state index is 12.9. The van der Waals surface area contributed by atoms with Gasteiger partial charge in [-0.3, -0.25) is 9.36 Å². The first-order valence-electron chi connectivity index (χ1n) is 9.55. The Bertz CT molecular complexity index is 1070. The molecule has 1 heterocycles. The van der Waals surface area contributed by atoms with E-state index in [1.165, 1.54) is 23.9 Å². The molecule has 1 aliphatic carbocycles. The van der Waals surface area contributed by atoms with E-state index in [0.717, 1.165) is 30.7 Å². The summed E-state index contributed by atoms with van der Waals surface area (Å²) in [5.74, 6) is 0.0594. The second-order valence-corrected chi connectivity index (χ2v) is 8.58. The van der Waals surface area contributed by atoms with Gasteiger partial charge in [0, 0.05) is 17.6 Å². The van der Waals surface area contributed by atoms with Crippen molar-refractivity contribution in [3.05, 3.63) is 71.0 Å².